The van der Waals surface area contributed by atoms with Crippen molar-refractivity contribution < 1.29 is 5.21 Å². The van der Waals surface area contributed by atoms with Crippen molar-refractivity contribution in [1.29, 1.82) is 0 Å². The Kier molecular flexibility index (Phi) is 2.73. The average Bonchev–Trinajstić information content (AvgIpc) is 2.35. The van der Waals surface area contributed by atoms with Gasteiger partial charge in [-0.25, -0.2) is 0 Å². The van der Waals surface area contributed by atoms with Crippen LogP contribution in [0, 0.1) is 0 Å². The predicted molar refractivity (Wildman–Crippen MR) is 46.4 cm³/mol. The molecule has 0 saturated heterocycles. The smallest absolute Gasteiger partial charge is 0.144 e. The third kappa shape index (κ3) is 2.40. The van der Waals surface area contributed by atoms with Crippen LogP contribution in [-0.2, 0) is 6.42 Å². The van der Waals surface area contributed by atoms with Gasteiger partial charge in [-0.2, -0.15) is 0 Å². The Balaban J connectivity index is 2.65. The topological polar surface area (TPSA) is 58.6 Å². The highest BCUT2D eigenvalue weighted by Gasteiger charge is 1.99. The first-order valence-corrected chi connectivity index (χ1v) is 4.12. The molecule has 1 heterocycles. The van der Waals surface area contributed by atoms with Crippen molar-refractivity contribution in [3.8, 4) is 0 Å². The van der Waals surface area contributed by atoms with Gasteiger partial charge in [0.05, 0.1) is 4.34 Å². The van der Waals surface area contributed by atoms with Crippen LogP contribution in [0.15, 0.2) is 17.3 Å². The zero-order valence-corrected chi connectivity index (χ0v) is 7.19. The molecule has 1 aromatic rings. The van der Waals surface area contributed by atoms with Gasteiger partial charge in [0.1, 0.15) is 5.84 Å². The minimum absolute atomic E-state index is 0.198. The van der Waals surface area contributed by atoms with Gasteiger partial charge in [-0.3, -0.25) is 0 Å². The first kappa shape index (κ1) is 8.36. The highest BCUT2D eigenvalue weighted by molar-refractivity contribution is 7.16. The molecular weight excluding hydrogens is 184 g/mol. The fraction of sp³-hybridized carbons (Fsp3) is 0.167. The van der Waals surface area contributed by atoms with Crippen LogP contribution >= 0.6 is 22.9 Å². The van der Waals surface area contributed by atoms with E-state index in [4.69, 9.17) is 22.5 Å². The van der Waals surface area contributed by atoms with Gasteiger partial charge in [-0.05, 0) is 12.1 Å². The molecular formula is C6H7ClN2OS. The third-order valence-corrected chi connectivity index (χ3v) is 2.34. The normalized spacial score (nSPS) is 11.9. The summed E-state index contributed by atoms with van der Waals surface area (Å²) in [5, 5.41) is 11.1. The number of nitrogens with two attached hydrogens (primary N) is 1. The molecule has 0 unspecified atom stereocenters. The van der Waals surface area contributed by atoms with Crippen LogP contribution in [0.3, 0.4) is 0 Å². The summed E-state index contributed by atoms with van der Waals surface area (Å²) < 4.78 is 0.714. The largest absolute Gasteiger partial charge is 0.409 e. The third-order valence-electron chi connectivity index (χ3n) is 1.11. The van der Waals surface area contributed by atoms with Gasteiger partial charge < -0.3 is 10.9 Å². The van der Waals surface area contributed by atoms with Crippen LogP contribution in [0.2, 0.25) is 4.34 Å². The summed E-state index contributed by atoms with van der Waals surface area (Å²) in [6.45, 7) is 0. The lowest BCUT2D eigenvalue weighted by molar-refractivity contribution is 0.317. The van der Waals surface area contributed by atoms with Crippen LogP contribution < -0.4 is 5.73 Å². The molecule has 0 spiro atoms. The van der Waals surface area contributed by atoms with E-state index in [1.165, 1.54) is 11.3 Å². The number of amidine groups is 1. The molecule has 0 aliphatic heterocycles. The second-order valence-electron chi connectivity index (χ2n) is 1.97. The summed E-state index contributed by atoms with van der Waals surface area (Å²) in [7, 11) is 0. The Morgan fingerprint density at radius 3 is 2.91 bits per heavy atom. The van der Waals surface area contributed by atoms with Crippen LogP contribution in [-0.4, -0.2) is 11.0 Å². The van der Waals surface area contributed by atoms with Crippen molar-refractivity contribution in [2.75, 3.05) is 0 Å². The van der Waals surface area contributed by atoms with E-state index in [0.29, 0.717) is 10.8 Å². The summed E-state index contributed by atoms with van der Waals surface area (Å²) in [6, 6.07) is 3.64. The highest BCUT2D eigenvalue weighted by atomic mass is 35.5. The number of hydrogen-bond donors (Lipinski definition) is 2. The number of rotatable bonds is 2. The Bertz CT molecular complexity index is 271. The molecule has 5 heteroatoms. The Labute approximate surface area is 73.1 Å². The lowest BCUT2D eigenvalue weighted by atomic mass is 10.3. The van der Waals surface area contributed by atoms with Crippen LogP contribution in [0.1, 0.15) is 4.88 Å². The molecule has 0 aliphatic rings. The number of halogens is 1. The van der Waals surface area contributed by atoms with Crippen LogP contribution in [0.25, 0.3) is 0 Å². The lowest BCUT2D eigenvalue weighted by Gasteiger charge is -1.91. The van der Waals surface area contributed by atoms with E-state index in [9.17, 15) is 0 Å². The minimum atomic E-state index is 0.198. The number of thiophene rings is 1. The summed E-state index contributed by atoms with van der Waals surface area (Å²) in [5.74, 6) is 0.198. The van der Waals surface area contributed by atoms with Crippen LogP contribution in [0.4, 0.5) is 0 Å². The molecule has 1 aromatic heterocycles. The maximum Gasteiger partial charge on any atom is 0.144 e. The molecule has 0 amide bonds. The molecule has 3 N–H and O–H groups in total. The second kappa shape index (κ2) is 3.59. The van der Waals surface area contributed by atoms with E-state index in [0.717, 1.165) is 4.88 Å². The second-order valence-corrected chi connectivity index (χ2v) is 3.77. The SMILES string of the molecule is N/C(Cc1ccc(Cl)s1)=N\O. The zero-order valence-electron chi connectivity index (χ0n) is 5.62. The monoisotopic (exact) mass is 190 g/mol. The fourth-order valence-corrected chi connectivity index (χ4v) is 1.76. The molecule has 0 radical (unpaired) electrons. The van der Waals surface area contributed by atoms with Gasteiger partial charge in [0.2, 0.25) is 0 Å². The molecule has 0 aliphatic carbocycles. The Morgan fingerprint density at radius 2 is 2.45 bits per heavy atom. The molecule has 60 valence electrons. The van der Waals surface area contributed by atoms with E-state index >= 15 is 0 Å². The first-order valence-electron chi connectivity index (χ1n) is 2.93. The summed E-state index contributed by atoms with van der Waals surface area (Å²) in [5.41, 5.74) is 5.28. The first-order chi connectivity index (χ1) is 5.22. The number of hydrogen-bond acceptors (Lipinski definition) is 3. The van der Waals surface area contributed by atoms with Crippen molar-refractivity contribution in [3.05, 3.63) is 21.3 Å². The minimum Gasteiger partial charge on any atom is -0.409 e. The Morgan fingerprint density at radius 1 is 1.73 bits per heavy atom. The fourth-order valence-electron chi connectivity index (χ4n) is 0.661. The van der Waals surface area contributed by atoms with E-state index < -0.39 is 0 Å². The maximum atomic E-state index is 8.24. The summed E-state index contributed by atoms with van der Waals surface area (Å²) >= 11 is 7.09. The number of oxime groups is 1. The molecule has 0 atom stereocenters. The van der Waals surface area contributed by atoms with E-state index in [1.54, 1.807) is 6.07 Å². The van der Waals surface area contributed by atoms with Gasteiger partial charge >= 0.3 is 0 Å². The standard InChI is InChI=1S/C6H7ClN2OS/c7-5-2-1-4(11-5)3-6(8)9-10/h1-2,10H,3H2,(H2,8,9). The summed E-state index contributed by atoms with van der Waals surface area (Å²) in [6.07, 6.45) is 0.452. The predicted octanol–water partition coefficient (Wildman–Crippen LogP) is 1.69. The van der Waals surface area contributed by atoms with E-state index in [2.05, 4.69) is 5.16 Å². The van der Waals surface area contributed by atoms with Crippen molar-refractivity contribution in [3.63, 3.8) is 0 Å². The molecule has 0 aromatic carbocycles. The average molecular weight is 191 g/mol. The molecule has 3 nitrogen and oxygen atoms in total. The van der Waals surface area contributed by atoms with Crippen molar-refractivity contribution in [2.45, 2.75) is 6.42 Å². The quantitative estimate of drug-likeness (QED) is 0.323. The van der Waals surface area contributed by atoms with Gasteiger partial charge in [0.25, 0.3) is 0 Å². The molecule has 0 saturated carbocycles. The van der Waals surface area contributed by atoms with Gasteiger partial charge in [-0.15, -0.1) is 11.3 Å². The lowest BCUT2D eigenvalue weighted by Crippen LogP contribution is -2.13. The molecule has 1 rings (SSSR count). The maximum absolute atomic E-state index is 8.24. The van der Waals surface area contributed by atoms with E-state index in [1.807, 2.05) is 6.07 Å². The van der Waals surface area contributed by atoms with Crippen molar-refractivity contribution in [1.82, 2.24) is 0 Å². The molecule has 0 fully saturated rings. The number of nitrogens with zero attached hydrogens (tertiary/aromatic N) is 1. The Hall–Kier alpha value is -0.740. The van der Waals surface area contributed by atoms with E-state index in [-0.39, 0.29) is 5.84 Å². The zero-order chi connectivity index (χ0) is 8.27. The molecule has 0 bridgehead atoms. The van der Waals surface area contributed by atoms with Gasteiger partial charge in [0, 0.05) is 11.3 Å². The van der Waals surface area contributed by atoms with Crippen molar-refractivity contribution in [2.24, 2.45) is 10.9 Å². The van der Waals surface area contributed by atoms with Crippen LogP contribution in [0.5, 0.6) is 0 Å². The summed E-state index contributed by atoms with van der Waals surface area (Å²) in [4.78, 5) is 0.991. The molecule has 11 heavy (non-hydrogen) atoms. The highest BCUT2D eigenvalue weighted by Crippen LogP contribution is 2.21. The van der Waals surface area contributed by atoms with Crippen molar-refractivity contribution >= 4 is 28.8 Å². The van der Waals surface area contributed by atoms with Gasteiger partial charge in [0.15, 0.2) is 0 Å². The van der Waals surface area contributed by atoms with Gasteiger partial charge in [-0.1, -0.05) is 16.8 Å².